The van der Waals surface area contributed by atoms with Gasteiger partial charge in [-0.25, -0.2) is 9.97 Å². The number of fused-ring (bicyclic) bond motifs is 1. The van der Waals surface area contributed by atoms with Crippen LogP contribution in [0.2, 0.25) is 5.02 Å². The average molecular weight is 500 g/mol. The van der Waals surface area contributed by atoms with Crippen molar-refractivity contribution in [2.45, 2.75) is 39.5 Å². The Morgan fingerprint density at radius 2 is 1.91 bits per heavy atom. The third-order valence-corrected chi connectivity index (χ3v) is 8.01. The van der Waals surface area contributed by atoms with Crippen LogP contribution < -0.4 is 21.1 Å². The lowest BCUT2D eigenvalue weighted by atomic mass is 9.58. The summed E-state index contributed by atoms with van der Waals surface area (Å²) >= 11 is 6.24. The van der Waals surface area contributed by atoms with Gasteiger partial charge >= 0.3 is 0 Å². The van der Waals surface area contributed by atoms with Gasteiger partial charge in [0.1, 0.15) is 17.9 Å². The molecule has 2 aliphatic rings. The van der Waals surface area contributed by atoms with E-state index in [0.29, 0.717) is 40.2 Å². The van der Waals surface area contributed by atoms with Crippen molar-refractivity contribution in [1.29, 1.82) is 0 Å². The van der Waals surface area contributed by atoms with Gasteiger partial charge in [0.15, 0.2) is 0 Å². The van der Waals surface area contributed by atoms with Gasteiger partial charge in [0, 0.05) is 22.2 Å². The zero-order chi connectivity index (χ0) is 24.3. The molecule has 2 heterocycles. The Morgan fingerprint density at radius 1 is 1.18 bits per heavy atom. The summed E-state index contributed by atoms with van der Waals surface area (Å²) in [5.74, 6) is 1.99. The number of hydrogen-bond donors (Lipinski definition) is 2. The van der Waals surface area contributed by atoms with Gasteiger partial charge in [-0.05, 0) is 80.7 Å². The molecule has 1 saturated carbocycles. The Morgan fingerprint density at radius 3 is 2.62 bits per heavy atom. The number of likely N-dealkylation sites (tertiary alicyclic amines) is 1. The van der Waals surface area contributed by atoms with Gasteiger partial charge in [-0.2, -0.15) is 0 Å². The van der Waals surface area contributed by atoms with Crippen LogP contribution in [0, 0.1) is 11.3 Å². The number of nitrogen functional groups attached to an aromatic ring is 1. The summed E-state index contributed by atoms with van der Waals surface area (Å²) in [5, 5.41) is 5.79. The first kappa shape index (κ1) is 25.0. The molecule has 1 atom stereocenters. The maximum absolute atomic E-state index is 6.35. The Kier molecular flexibility index (Phi) is 7.81. The summed E-state index contributed by atoms with van der Waals surface area (Å²) in [4.78, 5) is 11.3. The Balaban J connectivity index is 0.00000133. The molecule has 1 aromatic heterocycles. The monoisotopic (exact) mass is 499 g/mol. The number of nitrogens with two attached hydrogens (primary N) is 1. The largest absolute Gasteiger partial charge is 0.491 e. The van der Waals surface area contributed by atoms with Crippen molar-refractivity contribution in [3.8, 4) is 5.75 Å². The average Bonchev–Trinajstić information content (AvgIpc) is 2.82. The van der Waals surface area contributed by atoms with Crippen LogP contribution in [0.4, 0.5) is 17.2 Å². The minimum atomic E-state index is 0.556. The zero-order valence-corrected chi connectivity index (χ0v) is 22.2. The van der Waals surface area contributed by atoms with Crippen molar-refractivity contribution in [3.05, 3.63) is 41.7 Å². The molecule has 34 heavy (non-hydrogen) atoms. The van der Waals surface area contributed by atoms with E-state index in [1.54, 1.807) is 6.33 Å². The number of aromatic nitrogens is 2. The summed E-state index contributed by atoms with van der Waals surface area (Å²) in [6, 6.07) is 9.57. The molecular weight excluding hydrogens is 465 g/mol. The van der Waals surface area contributed by atoms with E-state index in [2.05, 4.69) is 36.5 Å². The maximum atomic E-state index is 6.35. The van der Waals surface area contributed by atoms with Crippen LogP contribution in [-0.4, -0.2) is 41.6 Å². The number of hydrogen-bond acceptors (Lipinski definition) is 6. The fourth-order valence-electron chi connectivity index (χ4n) is 5.06. The standard InChI is InChI=1S/C24H29ClN5OP.C2H6/c1-30-6-4-24(5-7-30)11-15(12-24)13-31-21-10-20-17(9-19(21)26)23(28-14-27-20)29-16-2-3-22(32)18(25)8-16;1-2/h2-3,8-10,14-15H,4-7,11-13,26,32H2,1H3,(H,27,28,29);1-2H3. The first-order valence-electron chi connectivity index (χ1n) is 12.1. The molecule has 1 spiro atoms. The molecule has 3 aromatic rings. The Hall–Kier alpha value is -2.14. The summed E-state index contributed by atoms with van der Waals surface area (Å²) in [6.45, 7) is 7.15. The van der Waals surface area contributed by atoms with Crippen LogP contribution in [0.15, 0.2) is 36.7 Å². The van der Waals surface area contributed by atoms with Crippen molar-refractivity contribution >= 4 is 54.2 Å². The number of nitrogens with zero attached hydrogens (tertiary/aromatic N) is 3. The second-order valence-electron chi connectivity index (χ2n) is 9.38. The van der Waals surface area contributed by atoms with E-state index < -0.39 is 0 Å². The molecule has 8 heteroatoms. The highest BCUT2D eigenvalue weighted by atomic mass is 35.5. The summed E-state index contributed by atoms with van der Waals surface area (Å²) in [5.41, 5.74) is 9.15. The number of piperidine rings is 1. The minimum absolute atomic E-state index is 0.556. The van der Waals surface area contributed by atoms with E-state index in [9.17, 15) is 0 Å². The summed E-state index contributed by atoms with van der Waals surface area (Å²) in [6.07, 6.45) is 6.71. The molecule has 1 aliphatic heterocycles. The highest BCUT2D eigenvalue weighted by molar-refractivity contribution is 7.28. The molecule has 6 nitrogen and oxygen atoms in total. The zero-order valence-electron chi connectivity index (χ0n) is 20.3. The van der Waals surface area contributed by atoms with E-state index in [4.69, 9.17) is 22.1 Å². The predicted molar refractivity (Wildman–Crippen MR) is 147 cm³/mol. The first-order valence-corrected chi connectivity index (χ1v) is 13.0. The van der Waals surface area contributed by atoms with Crippen molar-refractivity contribution in [2.75, 3.05) is 37.8 Å². The predicted octanol–water partition coefficient (Wildman–Crippen LogP) is 5.64. The lowest BCUT2D eigenvalue weighted by Crippen LogP contribution is -2.47. The molecule has 2 fully saturated rings. The summed E-state index contributed by atoms with van der Waals surface area (Å²) < 4.78 is 6.15. The lowest BCUT2D eigenvalue weighted by molar-refractivity contribution is -0.0244. The fourth-order valence-corrected chi connectivity index (χ4v) is 5.42. The van der Waals surface area contributed by atoms with Gasteiger partial charge in [-0.1, -0.05) is 31.5 Å². The molecule has 1 saturated heterocycles. The molecule has 0 amide bonds. The van der Waals surface area contributed by atoms with Crippen LogP contribution in [-0.2, 0) is 0 Å². The molecule has 2 aromatic carbocycles. The topological polar surface area (TPSA) is 76.3 Å². The number of anilines is 3. The first-order chi connectivity index (χ1) is 16.4. The van der Waals surface area contributed by atoms with Crippen molar-refractivity contribution in [2.24, 2.45) is 11.3 Å². The van der Waals surface area contributed by atoms with E-state index in [1.165, 1.54) is 38.8 Å². The van der Waals surface area contributed by atoms with Crippen LogP contribution >= 0.6 is 20.8 Å². The van der Waals surface area contributed by atoms with E-state index in [1.807, 2.05) is 44.2 Å². The maximum Gasteiger partial charge on any atom is 0.144 e. The van der Waals surface area contributed by atoms with E-state index >= 15 is 0 Å². The number of ether oxygens (including phenoxy) is 1. The second kappa shape index (κ2) is 10.6. The highest BCUT2D eigenvalue weighted by Crippen LogP contribution is 2.52. The Bertz CT molecular complexity index is 1140. The van der Waals surface area contributed by atoms with Crippen molar-refractivity contribution in [3.63, 3.8) is 0 Å². The van der Waals surface area contributed by atoms with E-state index in [0.717, 1.165) is 21.9 Å². The summed E-state index contributed by atoms with van der Waals surface area (Å²) in [7, 11) is 4.83. The van der Waals surface area contributed by atoms with Crippen molar-refractivity contribution < 1.29 is 4.74 Å². The molecular formula is C26H35ClN5OP. The second-order valence-corrected chi connectivity index (χ2v) is 10.4. The SMILES string of the molecule is CC.CN1CCC2(CC1)CC(COc1cc3ncnc(Nc4ccc(P)c(Cl)c4)c3cc1N)C2. The quantitative estimate of drug-likeness (QED) is 0.349. The van der Waals surface area contributed by atoms with Gasteiger partial charge in [0.25, 0.3) is 0 Å². The molecule has 1 aliphatic carbocycles. The molecule has 5 rings (SSSR count). The van der Waals surface area contributed by atoms with E-state index in [-0.39, 0.29) is 0 Å². The van der Waals surface area contributed by atoms with Crippen LogP contribution in [0.5, 0.6) is 5.75 Å². The number of rotatable bonds is 5. The number of halogens is 1. The van der Waals surface area contributed by atoms with Crippen molar-refractivity contribution in [1.82, 2.24) is 14.9 Å². The lowest BCUT2D eigenvalue weighted by Gasteiger charge is -2.51. The molecule has 0 radical (unpaired) electrons. The molecule has 0 bridgehead atoms. The van der Waals surface area contributed by atoms with Crippen LogP contribution in [0.3, 0.4) is 0 Å². The Labute approximate surface area is 209 Å². The minimum Gasteiger partial charge on any atom is -0.491 e. The van der Waals surface area contributed by atoms with Gasteiger partial charge in [0.05, 0.1) is 17.8 Å². The third kappa shape index (κ3) is 5.40. The molecule has 3 N–H and O–H groups in total. The van der Waals surface area contributed by atoms with Gasteiger partial charge in [-0.3, -0.25) is 0 Å². The van der Waals surface area contributed by atoms with Crippen LogP contribution in [0.1, 0.15) is 39.5 Å². The fraction of sp³-hybridized carbons (Fsp3) is 0.462. The van der Waals surface area contributed by atoms with Crippen LogP contribution in [0.25, 0.3) is 10.9 Å². The smallest absolute Gasteiger partial charge is 0.144 e. The number of benzene rings is 2. The highest BCUT2D eigenvalue weighted by Gasteiger charge is 2.45. The normalized spacial score (nSPS) is 17.7. The molecule has 1 unspecified atom stereocenters. The third-order valence-electron chi connectivity index (χ3n) is 7.00. The van der Waals surface area contributed by atoms with Gasteiger partial charge in [0.2, 0.25) is 0 Å². The van der Waals surface area contributed by atoms with Gasteiger partial charge < -0.3 is 20.7 Å². The molecule has 182 valence electrons. The number of nitrogens with one attached hydrogen (secondary N) is 1. The van der Waals surface area contributed by atoms with Gasteiger partial charge in [-0.15, -0.1) is 9.24 Å².